The number of hydrogen-bond donors (Lipinski definition) is 5. The quantitative estimate of drug-likeness (QED) is 0.221. The molecular weight excluding hydrogens is 500 g/mol. The van der Waals surface area contributed by atoms with Crippen molar-refractivity contribution in [2.24, 2.45) is 34.3 Å². The monoisotopic (exact) mass is 546 g/mol. The van der Waals surface area contributed by atoms with Gasteiger partial charge in [0.1, 0.15) is 12.1 Å². The average molecular weight is 547 g/mol. The van der Waals surface area contributed by atoms with Crippen LogP contribution in [0.5, 0.6) is 0 Å². The second-order valence-electron chi connectivity index (χ2n) is 13.2. The third kappa shape index (κ3) is 6.60. The fourth-order valence-corrected chi connectivity index (χ4v) is 7.75. The molecule has 5 atom stereocenters. The van der Waals surface area contributed by atoms with Gasteiger partial charge in [-0.3, -0.25) is 25.4 Å². The van der Waals surface area contributed by atoms with Crippen LogP contribution in [-0.4, -0.2) is 64.7 Å². The molecule has 4 aliphatic rings. The van der Waals surface area contributed by atoms with Crippen LogP contribution in [-0.2, 0) is 14.4 Å². The molecule has 0 spiro atoms. The molecule has 5 N–H and O–H groups in total. The minimum Gasteiger partial charge on any atom is -0.356 e. The molecule has 2 aliphatic heterocycles. The van der Waals surface area contributed by atoms with E-state index >= 15 is 0 Å². The molecule has 38 heavy (non-hydrogen) atoms. The van der Waals surface area contributed by atoms with E-state index in [9.17, 15) is 19.6 Å². The first-order valence-corrected chi connectivity index (χ1v) is 15.3. The maximum Gasteiger partial charge on any atom is 0.244 e. The molecule has 0 aromatic carbocycles. The number of rotatable bonds is 9. The highest BCUT2D eigenvalue weighted by atomic mass is 32.1. The van der Waals surface area contributed by atoms with Crippen molar-refractivity contribution in [1.29, 1.82) is 5.26 Å². The summed E-state index contributed by atoms with van der Waals surface area (Å²) in [7, 11) is 0. The van der Waals surface area contributed by atoms with Crippen LogP contribution >= 0.6 is 11.4 Å². The highest BCUT2D eigenvalue weighted by Gasteiger charge is 2.69. The molecule has 0 aromatic heterocycles. The molecule has 3 amide bonds. The lowest BCUT2D eigenvalue weighted by molar-refractivity contribution is -0.141. The summed E-state index contributed by atoms with van der Waals surface area (Å²) in [6.07, 6.45) is 7.42. The summed E-state index contributed by atoms with van der Waals surface area (Å²) in [6.45, 7) is 9.64. The molecule has 4 fully saturated rings. The van der Waals surface area contributed by atoms with E-state index in [1.165, 1.54) is 19.3 Å². The van der Waals surface area contributed by atoms with Gasteiger partial charge in [-0.05, 0) is 54.1 Å². The first kappa shape index (κ1) is 29.0. The van der Waals surface area contributed by atoms with E-state index in [4.69, 9.17) is 5.73 Å². The Hall–Kier alpha value is -1.96. The van der Waals surface area contributed by atoms with Crippen molar-refractivity contribution in [2.45, 2.75) is 97.2 Å². The molecule has 212 valence electrons. The van der Waals surface area contributed by atoms with Gasteiger partial charge in [0, 0.05) is 31.5 Å². The third-order valence-electron chi connectivity index (χ3n) is 9.22. The molecule has 2 heterocycles. The fraction of sp³-hybridized carbons (Fsp3) is 0.821. The zero-order chi connectivity index (χ0) is 27.7. The largest absolute Gasteiger partial charge is 0.356 e. The molecular formula is C28H46N6O3S. The van der Waals surface area contributed by atoms with E-state index < -0.39 is 12.1 Å². The van der Waals surface area contributed by atoms with E-state index in [2.05, 4.69) is 49.7 Å². The predicted molar refractivity (Wildman–Crippen MR) is 151 cm³/mol. The number of likely N-dealkylation sites (tertiary alicyclic amines) is 1. The summed E-state index contributed by atoms with van der Waals surface area (Å²) < 4.78 is 0. The number of nitrogens with two attached hydrogens (primary N) is 1. The molecule has 0 radical (unpaired) electrons. The standard InChI is InChI=1S/C28H46N6O3S/c1-27(2,16-38-26(30)33-18-8-6-5-7-9-18)13-21(35)34-15-20-22(28(20,3)4)23(34)25(37)32-19(14-29)12-17-10-11-31-24(17)36/h17-20,22-23,33,38H,5-13,15-16,30H2,1-4H3,(H,31,36)(H,32,37)/t17-,19-,20-,22?,23-/m0/s1. The minimum absolute atomic E-state index is 0.00536. The van der Waals surface area contributed by atoms with Crippen LogP contribution in [0.2, 0.25) is 0 Å². The number of fused-ring (bicyclic) bond motifs is 1. The SMILES string of the molecule is CC(C)(C/[SH]=C(\N)NC1CCCCC1)CC(=O)N1C[C@H]2C([C@H]1C(=O)N[C@H](C#N)C[C@@H]1CCNC1=O)C2(C)C. The van der Waals surface area contributed by atoms with Crippen molar-refractivity contribution in [2.75, 3.05) is 18.8 Å². The highest BCUT2D eigenvalue weighted by Crippen LogP contribution is 2.65. The van der Waals surface area contributed by atoms with Crippen molar-refractivity contribution in [1.82, 2.24) is 20.9 Å². The maximum atomic E-state index is 13.6. The number of nitrogens with one attached hydrogen (secondary N) is 3. The summed E-state index contributed by atoms with van der Waals surface area (Å²) >= 11 is 1.00. The summed E-state index contributed by atoms with van der Waals surface area (Å²) in [5.74, 6) is 0.520. The van der Waals surface area contributed by atoms with Gasteiger partial charge in [-0.15, -0.1) is 0 Å². The van der Waals surface area contributed by atoms with Crippen LogP contribution in [0.25, 0.3) is 0 Å². The molecule has 2 saturated heterocycles. The number of thiol groups is 1. The van der Waals surface area contributed by atoms with Crippen molar-refractivity contribution < 1.29 is 14.4 Å². The summed E-state index contributed by atoms with van der Waals surface area (Å²) in [5.41, 5.74) is 6.02. The van der Waals surface area contributed by atoms with E-state index in [1.54, 1.807) is 4.90 Å². The van der Waals surface area contributed by atoms with Crippen molar-refractivity contribution >= 4 is 34.2 Å². The number of nitriles is 1. The average Bonchev–Trinajstić information content (AvgIpc) is 3.21. The minimum atomic E-state index is -0.750. The van der Waals surface area contributed by atoms with Gasteiger partial charge in [-0.2, -0.15) is 16.6 Å². The van der Waals surface area contributed by atoms with Crippen LogP contribution in [0, 0.1) is 39.9 Å². The van der Waals surface area contributed by atoms with E-state index in [-0.39, 0.29) is 46.3 Å². The van der Waals surface area contributed by atoms with Crippen LogP contribution in [0.15, 0.2) is 0 Å². The number of carbonyl (C=O) groups excluding carboxylic acids is 3. The molecule has 2 saturated carbocycles. The lowest BCUT2D eigenvalue weighted by Gasteiger charge is -2.33. The van der Waals surface area contributed by atoms with Gasteiger partial charge in [0.2, 0.25) is 17.7 Å². The zero-order valence-corrected chi connectivity index (χ0v) is 24.3. The van der Waals surface area contributed by atoms with Crippen LogP contribution in [0.3, 0.4) is 0 Å². The van der Waals surface area contributed by atoms with Crippen LogP contribution in [0.4, 0.5) is 0 Å². The summed E-state index contributed by atoms with van der Waals surface area (Å²) in [6, 6.07) is 1.29. The van der Waals surface area contributed by atoms with Gasteiger partial charge in [-0.25, -0.2) is 0 Å². The molecule has 0 bridgehead atoms. The summed E-state index contributed by atoms with van der Waals surface area (Å²) in [4.78, 5) is 40.8. The Labute approximate surface area is 231 Å². The Balaban J connectivity index is 1.36. The number of hydrogen-bond acceptors (Lipinski definition) is 4. The molecule has 2 aliphatic carbocycles. The van der Waals surface area contributed by atoms with Crippen molar-refractivity contribution in [3.8, 4) is 6.07 Å². The number of nitrogens with zero attached hydrogens (tertiary/aromatic N) is 2. The van der Waals surface area contributed by atoms with Gasteiger partial charge < -0.3 is 15.5 Å². The Morgan fingerprint density at radius 1 is 1.26 bits per heavy atom. The Morgan fingerprint density at radius 3 is 2.61 bits per heavy atom. The van der Waals surface area contributed by atoms with E-state index in [1.807, 2.05) is 0 Å². The first-order chi connectivity index (χ1) is 17.9. The number of carbonyl (C=O) groups is 3. The van der Waals surface area contributed by atoms with Gasteiger partial charge in [0.15, 0.2) is 0 Å². The second-order valence-corrected chi connectivity index (χ2v) is 14.3. The smallest absolute Gasteiger partial charge is 0.244 e. The highest BCUT2D eigenvalue weighted by molar-refractivity contribution is 7.98. The van der Waals surface area contributed by atoms with Gasteiger partial charge in [0.25, 0.3) is 0 Å². The van der Waals surface area contributed by atoms with Crippen molar-refractivity contribution in [3.63, 3.8) is 0 Å². The Kier molecular flexibility index (Phi) is 8.90. The Bertz CT molecular complexity index is 999. The molecule has 1 unspecified atom stereocenters. The predicted octanol–water partition coefficient (Wildman–Crippen LogP) is 1.85. The van der Waals surface area contributed by atoms with Crippen molar-refractivity contribution in [3.05, 3.63) is 0 Å². The third-order valence-corrected chi connectivity index (χ3v) is 10.7. The normalized spacial score (nSPS) is 30.1. The maximum absolute atomic E-state index is 13.6. The second kappa shape index (κ2) is 11.6. The first-order valence-electron chi connectivity index (χ1n) is 14.3. The molecule has 0 aromatic rings. The van der Waals surface area contributed by atoms with Gasteiger partial charge in [-0.1, -0.05) is 47.0 Å². The number of piperidine rings is 1. The van der Waals surface area contributed by atoms with Crippen LogP contribution < -0.4 is 21.7 Å². The van der Waals surface area contributed by atoms with Gasteiger partial charge in [0.05, 0.1) is 11.2 Å². The number of amides is 3. The lowest BCUT2D eigenvalue weighted by atomic mass is 9.90. The lowest BCUT2D eigenvalue weighted by Crippen LogP contribution is -2.52. The molecule has 4 rings (SSSR count). The topological polar surface area (TPSA) is 140 Å². The van der Waals surface area contributed by atoms with Gasteiger partial charge >= 0.3 is 0 Å². The van der Waals surface area contributed by atoms with E-state index in [0.29, 0.717) is 38.4 Å². The molecule has 9 nitrogen and oxygen atoms in total. The fourth-order valence-electron chi connectivity index (χ4n) is 6.77. The van der Waals surface area contributed by atoms with Crippen LogP contribution in [0.1, 0.15) is 79.1 Å². The summed E-state index contributed by atoms with van der Waals surface area (Å²) in [5, 5.41) is 19.6. The molecule has 10 heteroatoms. The zero-order valence-electron chi connectivity index (χ0n) is 23.4. The Morgan fingerprint density at radius 2 is 1.97 bits per heavy atom. The van der Waals surface area contributed by atoms with E-state index in [0.717, 1.165) is 35.1 Å².